The van der Waals surface area contributed by atoms with Crippen LogP contribution in [0.15, 0.2) is 28.9 Å². The van der Waals surface area contributed by atoms with Gasteiger partial charge in [-0.1, -0.05) is 23.8 Å². The van der Waals surface area contributed by atoms with Crippen molar-refractivity contribution in [1.82, 2.24) is 20.1 Å². The van der Waals surface area contributed by atoms with Gasteiger partial charge < -0.3 is 14.6 Å². The minimum absolute atomic E-state index is 0.180. The quantitative estimate of drug-likeness (QED) is 0.682. The molecule has 0 radical (unpaired) electrons. The van der Waals surface area contributed by atoms with Crippen molar-refractivity contribution in [2.45, 2.75) is 39.8 Å². The Labute approximate surface area is 167 Å². The predicted molar refractivity (Wildman–Crippen MR) is 110 cm³/mol. The summed E-state index contributed by atoms with van der Waals surface area (Å²) in [7, 11) is 3.95. The van der Waals surface area contributed by atoms with E-state index >= 15 is 0 Å². The normalized spacial score (nSPS) is 14.1. The molecule has 1 saturated carbocycles. The topological polar surface area (TPSA) is 61.6 Å². The first-order valence-corrected chi connectivity index (χ1v) is 10.1. The smallest absolute Gasteiger partial charge is 0.273 e. The van der Waals surface area contributed by atoms with Crippen LogP contribution in [0.5, 0.6) is 0 Å². The summed E-state index contributed by atoms with van der Waals surface area (Å²) in [5.74, 6) is 1.19. The summed E-state index contributed by atoms with van der Waals surface area (Å²) in [6.45, 7) is 8.20. The van der Waals surface area contributed by atoms with Crippen LogP contribution in [-0.4, -0.2) is 54.4 Å². The molecule has 1 aliphatic rings. The number of likely N-dealkylation sites (N-methyl/N-ethyl adjacent to an activating group) is 1. The second-order valence-electron chi connectivity index (χ2n) is 8.23. The summed E-state index contributed by atoms with van der Waals surface area (Å²) in [4.78, 5) is 21.1. The number of amides is 1. The zero-order valence-corrected chi connectivity index (χ0v) is 17.5. The van der Waals surface area contributed by atoms with E-state index in [2.05, 4.69) is 47.2 Å². The maximum absolute atomic E-state index is 12.2. The SMILES string of the molecule is Cc1ccc(C)c(CN(Cc2nc(C(=O)NCCN(C)C)co2)CC2CC2)c1. The summed E-state index contributed by atoms with van der Waals surface area (Å²) in [6.07, 6.45) is 4.07. The molecule has 1 amide bonds. The van der Waals surface area contributed by atoms with Gasteiger partial charge in [-0.15, -0.1) is 0 Å². The Morgan fingerprint density at radius 3 is 2.75 bits per heavy atom. The fourth-order valence-corrected chi connectivity index (χ4v) is 3.22. The van der Waals surface area contributed by atoms with Gasteiger partial charge in [0.05, 0.1) is 6.54 Å². The average Bonchev–Trinajstić information content (AvgIpc) is 3.32. The van der Waals surface area contributed by atoms with Crippen LogP contribution in [0.25, 0.3) is 0 Å². The van der Waals surface area contributed by atoms with Crippen molar-refractivity contribution in [3.05, 3.63) is 52.7 Å². The fourth-order valence-electron chi connectivity index (χ4n) is 3.22. The molecule has 1 aromatic carbocycles. The maximum atomic E-state index is 12.2. The number of aryl methyl sites for hydroxylation is 2. The van der Waals surface area contributed by atoms with Crippen LogP contribution < -0.4 is 5.32 Å². The lowest BCUT2D eigenvalue weighted by Crippen LogP contribution is -2.31. The molecule has 1 aliphatic carbocycles. The molecule has 0 unspecified atom stereocenters. The number of nitrogens with zero attached hydrogens (tertiary/aromatic N) is 3. The van der Waals surface area contributed by atoms with Crippen molar-refractivity contribution < 1.29 is 9.21 Å². The highest BCUT2D eigenvalue weighted by Gasteiger charge is 2.25. The highest BCUT2D eigenvalue weighted by Crippen LogP contribution is 2.31. The molecule has 0 bridgehead atoms. The number of nitrogens with one attached hydrogen (secondary N) is 1. The Balaban J connectivity index is 1.62. The van der Waals surface area contributed by atoms with E-state index in [4.69, 9.17) is 4.42 Å². The molecular formula is C22H32N4O2. The molecular weight excluding hydrogens is 352 g/mol. The van der Waals surface area contributed by atoms with Gasteiger partial charge >= 0.3 is 0 Å². The van der Waals surface area contributed by atoms with Crippen LogP contribution in [0.1, 0.15) is 45.9 Å². The van der Waals surface area contributed by atoms with E-state index in [9.17, 15) is 4.79 Å². The number of rotatable bonds is 10. The summed E-state index contributed by atoms with van der Waals surface area (Å²) < 4.78 is 5.61. The highest BCUT2D eigenvalue weighted by molar-refractivity contribution is 5.91. The molecule has 2 aromatic rings. The lowest BCUT2D eigenvalue weighted by molar-refractivity contribution is 0.0946. The molecule has 0 spiro atoms. The Morgan fingerprint density at radius 1 is 1.25 bits per heavy atom. The minimum atomic E-state index is -0.180. The molecule has 152 valence electrons. The third-order valence-corrected chi connectivity index (χ3v) is 5.10. The highest BCUT2D eigenvalue weighted by atomic mass is 16.3. The van der Waals surface area contributed by atoms with Gasteiger partial charge in [-0.25, -0.2) is 4.98 Å². The average molecular weight is 385 g/mol. The Bertz CT molecular complexity index is 796. The first-order chi connectivity index (χ1) is 13.4. The summed E-state index contributed by atoms with van der Waals surface area (Å²) in [6, 6.07) is 6.59. The number of carbonyl (C=O) groups excluding carboxylic acids is 1. The van der Waals surface area contributed by atoms with Gasteiger partial charge in [0, 0.05) is 26.2 Å². The van der Waals surface area contributed by atoms with Crippen molar-refractivity contribution in [3.8, 4) is 0 Å². The van der Waals surface area contributed by atoms with Crippen LogP contribution in [0.4, 0.5) is 0 Å². The lowest BCUT2D eigenvalue weighted by Gasteiger charge is -2.22. The molecule has 1 fully saturated rings. The number of benzene rings is 1. The van der Waals surface area contributed by atoms with Crippen molar-refractivity contribution in [2.75, 3.05) is 33.7 Å². The number of aromatic nitrogens is 1. The van der Waals surface area contributed by atoms with E-state index in [0.29, 0.717) is 24.7 Å². The van der Waals surface area contributed by atoms with E-state index in [1.165, 1.54) is 35.8 Å². The first kappa shape index (κ1) is 20.6. The number of hydrogen-bond acceptors (Lipinski definition) is 5. The second-order valence-corrected chi connectivity index (χ2v) is 8.23. The van der Waals surface area contributed by atoms with Crippen LogP contribution in [-0.2, 0) is 13.1 Å². The van der Waals surface area contributed by atoms with E-state index in [-0.39, 0.29) is 5.91 Å². The maximum Gasteiger partial charge on any atom is 0.273 e. The zero-order valence-electron chi connectivity index (χ0n) is 17.5. The van der Waals surface area contributed by atoms with E-state index in [1.807, 2.05) is 19.0 Å². The molecule has 3 rings (SSSR count). The summed E-state index contributed by atoms with van der Waals surface area (Å²) in [5, 5.41) is 2.88. The Morgan fingerprint density at radius 2 is 2.04 bits per heavy atom. The van der Waals surface area contributed by atoms with Crippen molar-refractivity contribution in [2.24, 2.45) is 5.92 Å². The third-order valence-electron chi connectivity index (χ3n) is 5.10. The van der Waals surface area contributed by atoms with Gasteiger partial charge in [0.15, 0.2) is 5.69 Å². The first-order valence-electron chi connectivity index (χ1n) is 10.1. The third kappa shape index (κ3) is 6.17. The van der Waals surface area contributed by atoms with Crippen LogP contribution in [0.2, 0.25) is 0 Å². The van der Waals surface area contributed by atoms with Gasteiger partial charge in [0.25, 0.3) is 5.91 Å². The van der Waals surface area contributed by atoms with Gasteiger partial charge in [-0.05, 0) is 57.8 Å². The molecule has 6 nitrogen and oxygen atoms in total. The molecule has 0 atom stereocenters. The van der Waals surface area contributed by atoms with Crippen molar-refractivity contribution in [3.63, 3.8) is 0 Å². The predicted octanol–water partition coefficient (Wildman–Crippen LogP) is 3.00. The van der Waals surface area contributed by atoms with E-state index in [1.54, 1.807) is 0 Å². The Hall–Kier alpha value is -2.18. The van der Waals surface area contributed by atoms with Gasteiger partial charge in [-0.3, -0.25) is 9.69 Å². The van der Waals surface area contributed by atoms with Gasteiger partial charge in [0.1, 0.15) is 6.26 Å². The fraction of sp³-hybridized carbons (Fsp3) is 0.545. The number of hydrogen-bond donors (Lipinski definition) is 1. The molecule has 1 aromatic heterocycles. The monoisotopic (exact) mass is 384 g/mol. The summed E-state index contributed by atoms with van der Waals surface area (Å²) >= 11 is 0. The van der Waals surface area contributed by atoms with E-state index < -0.39 is 0 Å². The molecule has 0 aliphatic heterocycles. The molecule has 6 heteroatoms. The molecule has 0 saturated heterocycles. The Kier molecular flexibility index (Phi) is 6.86. The summed E-state index contributed by atoms with van der Waals surface area (Å²) in [5.41, 5.74) is 4.28. The van der Waals surface area contributed by atoms with Crippen molar-refractivity contribution >= 4 is 5.91 Å². The van der Waals surface area contributed by atoms with Crippen molar-refractivity contribution in [1.29, 1.82) is 0 Å². The van der Waals surface area contributed by atoms with E-state index in [0.717, 1.165) is 25.6 Å². The largest absolute Gasteiger partial charge is 0.447 e. The van der Waals surface area contributed by atoms with Crippen LogP contribution >= 0.6 is 0 Å². The molecule has 1 N–H and O–H groups in total. The van der Waals surface area contributed by atoms with Gasteiger partial charge in [-0.2, -0.15) is 0 Å². The minimum Gasteiger partial charge on any atom is -0.447 e. The van der Waals surface area contributed by atoms with Gasteiger partial charge in [0.2, 0.25) is 5.89 Å². The zero-order chi connectivity index (χ0) is 20.1. The lowest BCUT2D eigenvalue weighted by atomic mass is 10.1. The second kappa shape index (κ2) is 9.34. The van der Waals surface area contributed by atoms with Crippen LogP contribution in [0.3, 0.4) is 0 Å². The molecule has 28 heavy (non-hydrogen) atoms. The number of oxazole rings is 1. The number of carbonyl (C=O) groups is 1. The standard InChI is InChI=1S/C22H32N4O2/c1-16-5-6-17(2)19(11-16)13-26(12-18-7-8-18)14-21-24-20(15-28-21)22(27)23-9-10-25(3)4/h5-6,11,15,18H,7-10,12-14H2,1-4H3,(H,23,27). The van der Waals surface area contributed by atoms with Crippen LogP contribution in [0, 0.1) is 19.8 Å². The molecule has 1 heterocycles.